The van der Waals surface area contributed by atoms with E-state index in [4.69, 9.17) is 4.74 Å². The van der Waals surface area contributed by atoms with Gasteiger partial charge in [-0.3, -0.25) is 9.59 Å². The second-order valence-electron chi connectivity index (χ2n) is 6.89. The molecule has 0 N–H and O–H groups in total. The van der Waals surface area contributed by atoms with Crippen molar-refractivity contribution in [1.29, 1.82) is 0 Å². The summed E-state index contributed by atoms with van der Waals surface area (Å²) in [7, 11) is 0. The van der Waals surface area contributed by atoms with E-state index < -0.39 is 28.8 Å². The van der Waals surface area contributed by atoms with E-state index in [1.165, 1.54) is 30.0 Å². The first-order valence-corrected chi connectivity index (χ1v) is 8.80. The molecule has 1 aromatic carbocycles. The van der Waals surface area contributed by atoms with Gasteiger partial charge < -0.3 is 9.64 Å². The van der Waals surface area contributed by atoms with Crippen LogP contribution in [0.5, 0.6) is 0 Å². The highest BCUT2D eigenvalue weighted by Gasteiger charge is 2.35. The minimum Gasteiger partial charge on any atom is -0.372 e. The SMILES string of the molecule is Cc1cc(=O)c(C(=O)N2C[C@H](C)O[C@@H](C)C2)nn1-c1ccccc1C(F)(F)F. The number of aromatic nitrogens is 2. The second kappa shape index (κ2) is 7.38. The molecular weight excluding hydrogens is 375 g/mol. The maximum absolute atomic E-state index is 13.4. The number of hydrogen-bond donors (Lipinski definition) is 0. The number of amides is 1. The second-order valence-corrected chi connectivity index (χ2v) is 6.89. The largest absolute Gasteiger partial charge is 0.418 e. The average molecular weight is 395 g/mol. The molecule has 1 amide bonds. The number of aryl methyl sites for hydroxylation is 1. The summed E-state index contributed by atoms with van der Waals surface area (Å²) in [5.41, 5.74) is -1.99. The fourth-order valence-electron chi connectivity index (χ4n) is 3.33. The fourth-order valence-corrected chi connectivity index (χ4v) is 3.33. The molecule has 0 bridgehead atoms. The van der Waals surface area contributed by atoms with Crippen molar-refractivity contribution in [2.24, 2.45) is 0 Å². The van der Waals surface area contributed by atoms with Gasteiger partial charge in [0.2, 0.25) is 5.43 Å². The molecule has 1 saturated heterocycles. The van der Waals surface area contributed by atoms with Gasteiger partial charge in [0.1, 0.15) is 0 Å². The normalized spacial score (nSPS) is 20.3. The van der Waals surface area contributed by atoms with Crippen LogP contribution in [-0.2, 0) is 10.9 Å². The van der Waals surface area contributed by atoms with Crippen LogP contribution >= 0.6 is 0 Å². The van der Waals surface area contributed by atoms with Crippen LogP contribution in [0.3, 0.4) is 0 Å². The lowest BCUT2D eigenvalue weighted by Gasteiger charge is -2.35. The highest BCUT2D eigenvalue weighted by atomic mass is 19.4. The molecule has 3 rings (SSSR count). The maximum Gasteiger partial charge on any atom is 0.418 e. The van der Waals surface area contributed by atoms with E-state index in [1.54, 1.807) is 13.8 Å². The number of carbonyl (C=O) groups excluding carboxylic acids is 1. The number of hydrogen-bond acceptors (Lipinski definition) is 4. The van der Waals surface area contributed by atoms with Crippen molar-refractivity contribution in [3.8, 4) is 5.69 Å². The summed E-state index contributed by atoms with van der Waals surface area (Å²) in [5.74, 6) is -0.620. The zero-order chi connectivity index (χ0) is 20.6. The zero-order valence-electron chi connectivity index (χ0n) is 15.7. The van der Waals surface area contributed by atoms with E-state index in [9.17, 15) is 22.8 Å². The Morgan fingerprint density at radius 2 is 1.79 bits per heavy atom. The molecular formula is C19H20F3N3O3. The Hall–Kier alpha value is -2.68. The van der Waals surface area contributed by atoms with Crippen LogP contribution in [0, 0.1) is 6.92 Å². The number of rotatable bonds is 2. The molecule has 2 atom stereocenters. The van der Waals surface area contributed by atoms with Crippen molar-refractivity contribution >= 4 is 5.91 Å². The van der Waals surface area contributed by atoms with Gasteiger partial charge in [-0.05, 0) is 32.9 Å². The first kappa shape index (κ1) is 20.1. The predicted molar refractivity (Wildman–Crippen MR) is 95.5 cm³/mol. The summed E-state index contributed by atoms with van der Waals surface area (Å²) in [6, 6.07) is 6.02. The Kier molecular flexibility index (Phi) is 5.29. The Morgan fingerprint density at radius 1 is 1.18 bits per heavy atom. The van der Waals surface area contributed by atoms with Crippen molar-refractivity contribution in [3.05, 3.63) is 57.5 Å². The molecule has 0 aliphatic carbocycles. The molecule has 1 aliphatic heterocycles. The topological polar surface area (TPSA) is 64.4 Å². The van der Waals surface area contributed by atoms with Gasteiger partial charge in [0.15, 0.2) is 5.69 Å². The number of morpholine rings is 1. The molecule has 0 spiro atoms. The highest BCUT2D eigenvalue weighted by molar-refractivity contribution is 5.92. The smallest absolute Gasteiger partial charge is 0.372 e. The van der Waals surface area contributed by atoms with Gasteiger partial charge in [0.05, 0.1) is 23.5 Å². The number of alkyl halides is 3. The summed E-state index contributed by atoms with van der Waals surface area (Å²) in [6.45, 7) is 5.62. The summed E-state index contributed by atoms with van der Waals surface area (Å²) in [5, 5.41) is 4.01. The van der Waals surface area contributed by atoms with Crippen LogP contribution in [0.4, 0.5) is 13.2 Å². The number of nitrogens with zero attached hydrogens (tertiary/aromatic N) is 3. The molecule has 0 unspecified atom stereocenters. The molecule has 2 heterocycles. The lowest BCUT2D eigenvalue weighted by Crippen LogP contribution is -2.49. The molecule has 1 aliphatic rings. The van der Waals surface area contributed by atoms with Gasteiger partial charge in [-0.25, -0.2) is 4.68 Å². The predicted octanol–water partition coefficient (Wildman–Crippen LogP) is 2.81. The van der Waals surface area contributed by atoms with Crippen molar-refractivity contribution in [2.45, 2.75) is 39.2 Å². The quantitative estimate of drug-likeness (QED) is 0.785. The Balaban J connectivity index is 2.08. The Labute approximate surface area is 159 Å². The van der Waals surface area contributed by atoms with Crippen molar-refractivity contribution in [3.63, 3.8) is 0 Å². The first-order valence-electron chi connectivity index (χ1n) is 8.80. The summed E-state index contributed by atoms with van der Waals surface area (Å²) in [4.78, 5) is 26.7. The van der Waals surface area contributed by atoms with Gasteiger partial charge in [0.25, 0.3) is 5.91 Å². The molecule has 2 aromatic rings. The molecule has 6 nitrogen and oxygen atoms in total. The Morgan fingerprint density at radius 3 is 2.39 bits per heavy atom. The lowest BCUT2D eigenvalue weighted by molar-refractivity contribution is -0.137. The van der Waals surface area contributed by atoms with Crippen molar-refractivity contribution in [2.75, 3.05) is 13.1 Å². The maximum atomic E-state index is 13.4. The third-order valence-electron chi connectivity index (χ3n) is 4.45. The molecule has 9 heteroatoms. The van der Waals surface area contributed by atoms with Crippen LogP contribution in [0.2, 0.25) is 0 Å². The Bertz CT molecular complexity index is 945. The van der Waals surface area contributed by atoms with Crippen LogP contribution in [0.1, 0.15) is 35.6 Å². The standard InChI is InChI=1S/C19H20F3N3O3/c1-11-8-16(26)17(18(27)24-9-12(2)28-13(3)10-24)23-25(11)15-7-5-4-6-14(15)19(20,21)22/h4-8,12-13H,9-10H2,1-3H3/t12-,13-/m0/s1. The number of ether oxygens (including phenoxy) is 1. The van der Waals surface area contributed by atoms with Gasteiger partial charge in [-0.2, -0.15) is 18.3 Å². The van der Waals surface area contributed by atoms with Gasteiger partial charge in [-0.1, -0.05) is 12.1 Å². The van der Waals surface area contributed by atoms with E-state index in [2.05, 4.69) is 5.10 Å². The van der Waals surface area contributed by atoms with E-state index in [-0.39, 0.29) is 36.7 Å². The third-order valence-corrected chi connectivity index (χ3v) is 4.45. The summed E-state index contributed by atoms with van der Waals surface area (Å²) in [6.07, 6.45) is -5.04. The molecule has 1 fully saturated rings. The molecule has 28 heavy (non-hydrogen) atoms. The number of halogens is 3. The monoisotopic (exact) mass is 395 g/mol. The van der Waals surface area contributed by atoms with Gasteiger partial charge in [-0.15, -0.1) is 0 Å². The number of carbonyl (C=O) groups is 1. The zero-order valence-corrected chi connectivity index (χ0v) is 15.7. The third kappa shape index (κ3) is 3.94. The lowest BCUT2D eigenvalue weighted by atomic mass is 10.1. The molecule has 1 aromatic heterocycles. The average Bonchev–Trinajstić information content (AvgIpc) is 2.60. The molecule has 0 radical (unpaired) electrons. The van der Waals surface area contributed by atoms with E-state index in [1.807, 2.05) is 0 Å². The summed E-state index contributed by atoms with van der Waals surface area (Å²) < 4.78 is 46.7. The van der Waals surface area contributed by atoms with Gasteiger partial charge >= 0.3 is 6.18 Å². The van der Waals surface area contributed by atoms with Crippen molar-refractivity contribution < 1.29 is 22.7 Å². The minimum atomic E-state index is -4.60. The minimum absolute atomic E-state index is 0.196. The number of benzene rings is 1. The molecule has 150 valence electrons. The highest BCUT2D eigenvalue weighted by Crippen LogP contribution is 2.33. The van der Waals surface area contributed by atoms with E-state index >= 15 is 0 Å². The van der Waals surface area contributed by atoms with E-state index in [0.29, 0.717) is 0 Å². The van der Waals surface area contributed by atoms with E-state index in [0.717, 1.165) is 16.8 Å². The van der Waals surface area contributed by atoms with Crippen LogP contribution in [0.25, 0.3) is 5.69 Å². The number of para-hydroxylation sites is 1. The van der Waals surface area contributed by atoms with Crippen LogP contribution in [0.15, 0.2) is 35.1 Å². The van der Waals surface area contributed by atoms with Gasteiger partial charge in [0, 0.05) is 24.8 Å². The van der Waals surface area contributed by atoms with Crippen LogP contribution < -0.4 is 5.43 Å². The molecule has 0 saturated carbocycles. The van der Waals surface area contributed by atoms with Crippen LogP contribution in [-0.4, -0.2) is 45.9 Å². The summed E-state index contributed by atoms with van der Waals surface area (Å²) >= 11 is 0. The first-order chi connectivity index (χ1) is 13.1. The van der Waals surface area contributed by atoms with Crippen molar-refractivity contribution in [1.82, 2.24) is 14.7 Å². The fraction of sp³-hybridized carbons (Fsp3) is 0.421.